The van der Waals surface area contributed by atoms with Gasteiger partial charge in [-0.2, -0.15) is 0 Å². The normalized spacial score (nSPS) is 11.3. The summed E-state index contributed by atoms with van der Waals surface area (Å²) in [5, 5.41) is 9.10. The quantitative estimate of drug-likeness (QED) is 0.795. The molecule has 0 amide bonds. The number of aliphatic hydroxyl groups excluding tert-OH is 1. The molecule has 0 fully saturated rings. The molecule has 0 unspecified atom stereocenters. The van der Waals surface area contributed by atoms with Crippen molar-refractivity contribution in [2.24, 2.45) is 0 Å². The molecule has 0 saturated carbocycles. The summed E-state index contributed by atoms with van der Waals surface area (Å²) in [6.07, 6.45) is 1.49. The number of aromatic nitrogens is 1. The minimum absolute atomic E-state index is 0.0432. The van der Waals surface area contributed by atoms with Gasteiger partial charge in [0.2, 0.25) is 0 Å². The molecule has 2 rings (SSSR count). The van der Waals surface area contributed by atoms with E-state index in [1.165, 1.54) is 12.3 Å². The average molecular weight is 422 g/mol. The second-order valence-electron chi connectivity index (χ2n) is 3.86. The second kappa shape index (κ2) is 6.21. The van der Waals surface area contributed by atoms with Crippen molar-refractivity contribution in [3.8, 4) is 0 Å². The molecule has 5 nitrogen and oxygen atoms in total. The summed E-state index contributed by atoms with van der Waals surface area (Å²) in [4.78, 5) is 4.00. The highest BCUT2D eigenvalue weighted by molar-refractivity contribution is 9.11. The van der Waals surface area contributed by atoms with Crippen LogP contribution in [0.25, 0.3) is 0 Å². The maximum absolute atomic E-state index is 12.4. The van der Waals surface area contributed by atoms with E-state index in [0.717, 1.165) is 0 Å². The molecular formula is C12H10Br2N2O3S. The van der Waals surface area contributed by atoms with Crippen molar-refractivity contribution in [2.75, 3.05) is 4.72 Å². The van der Waals surface area contributed by atoms with Crippen molar-refractivity contribution in [1.29, 1.82) is 0 Å². The van der Waals surface area contributed by atoms with E-state index >= 15 is 0 Å². The maximum atomic E-state index is 12.4. The van der Waals surface area contributed by atoms with E-state index in [-0.39, 0.29) is 17.3 Å². The van der Waals surface area contributed by atoms with E-state index in [9.17, 15) is 8.42 Å². The zero-order valence-corrected chi connectivity index (χ0v) is 14.0. The molecule has 0 bridgehead atoms. The number of halogens is 2. The predicted molar refractivity (Wildman–Crippen MR) is 82.8 cm³/mol. The van der Waals surface area contributed by atoms with Gasteiger partial charge in [-0.15, -0.1) is 0 Å². The Hall–Kier alpha value is -0.960. The lowest BCUT2D eigenvalue weighted by Gasteiger charge is -2.11. The van der Waals surface area contributed by atoms with Crippen LogP contribution in [0.4, 0.5) is 5.82 Å². The molecule has 20 heavy (non-hydrogen) atoms. The highest BCUT2D eigenvalue weighted by Gasteiger charge is 2.19. The zero-order valence-electron chi connectivity index (χ0n) is 10.0. The van der Waals surface area contributed by atoms with Gasteiger partial charge in [0.1, 0.15) is 4.90 Å². The summed E-state index contributed by atoms with van der Waals surface area (Å²) in [6, 6.07) is 7.99. The highest BCUT2D eigenvalue weighted by atomic mass is 79.9. The Kier molecular flexibility index (Phi) is 4.79. The first kappa shape index (κ1) is 15.4. The average Bonchev–Trinajstić information content (AvgIpc) is 2.41. The van der Waals surface area contributed by atoms with Crippen molar-refractivity contribution in [2.45, 2.75) is 11.5 Å². The van der Waals surface area contributed by atoms with Crippen LogP contribution < -0.4 is 4.72 Å². The number of hydrogen-bond donors (Lipinski definition) is 2. The van der Waals surface area contributed by atoms with E-state index in [1.54, 1.807) is 24.3 Å². The molecule has 0 atom stereocenters. The fraction of sp³-hybridized carbons (Fsp3) is 0.0833. The first-order valence-corrected chi connectivity index (χ1v) is 8.53. The summed E-state index contributed by atoms with van der Waals surface area (Å²) in [6.45, 7) is -0.233. The Bertz CT molecular complexity index is 735. The number of anilines is 1. The first-order valence-electron chi connectivity index (χ1n) is 5.46. The van der Waals surface area contributed by atoms with Gasteiger partial charge in [-0.3, -0.25) is 4.72 Å². The summed E-state index contributed by atoms with van der Waals surface area (Å²) < 4.78 is 28.1. The third-order valence-corrected chi connectivity index (χ3v) is 5.43. The van der Waals surface area contributed by atoms with E-state index in [1.807, 2.05) is 0 Å². The lowest BCUT2D eigenvalue weighted by atomic mass is 10.2. The van der Waals surface area contributed by atoms with Crippen molar-refractivity contribution in [3.05, 3.63) is 51.0 Å². The molecule has 0 saturated heterocycles. The molecule has 106 valence electrons. The summed E-state index contributed by atoms with van der Waals surface area (Å²) in [5.74, 6) is 0.203. The van der Waals surface area contributed by atoms with Crippen LogP contribution in [0.1, 0.15) is 5.56 Å². The van der Waals surface area contributed by atoms with Crippen LogP contribution in [0.15, 0.2) is 50.4 Å². The van der Waals surface area contributed by atoms with Crippen LogP contribution >= 0.6 is 31.9 Å². The van der Waals surface area contributed by atoms with Crippen molar-refractivity contribution in [3.63, 3.8) is 0 Å². The van der Waals surface area contributed by atoms with Gasteiger partial charge in [-0.05, 0) is 61.7 Å². The Morgan fingerprint density at radius 1 is 1.20 bits per heavy atom. The van der Waals surface area contributed by atoms with E-state index < -0.39 is 10.0 Å². The Morgan fingerprint density at radius 3 is 2.60 bits per heavy atom. The molecule has 0 spiro atoms. The van der Waals surface area contributed by atoms with Crippen molar-refractivity contribution >= 4 is 47.7 Å². The Balaban J connectivity index is 2.43. The lowest BCUT2D eigenvalue weighted by molar-refractivity contribution is 0.281. The van der Waals surface area contributed by atoms with Crippen LogP contribution in [0.2, 0.25) is 0 Å². The van der Waals surface area contributed by atoms with Gasteiger partial charge in [-0.25, -0.2) is 13.4 Å². The summed E-state index contributed by atoms with van der Waals surface area (Å²) in [7, 11) is -3.80. The van der Waals surface area contributed by atoms with Gasteiger partial charge in [0, 0.05) is 10.7 Å². The minimum Gasteiger partial charge on any atom is -0.392 e. The van der Waals surface area contributed by atoms with E-state index in [2.05, 4.69) is 41.6 Å². The van der Waals surface area contributed by atoms with Crippen molar-refractivity contribution in [1.82, 2.24) is 4.98 Å². The molecule has 0 aliphatic rings. The molecule has 0 aliphatic heterocycles. The number of rotatable bonds is 4. The lowest BCUT2D eigenvalue weighted by Crippen LogP contribution is -2.15. The molecule has 0 radical (unpaired) electrons. The van der Waals surface area contributed by atoms with Gasteiger partial charge in [0.05, 0.1) is 11.1 Å². The SMILES string of the molecule is O=S(=O)(Nc1ncccc1Br)c1cc(CO)ccc1Br. The number of aliphatic hydroxyl groups is 1. The third-order valence-electron chi connectivity index (χ3n) is 2.46. The van der Waals surface area contributed by atoms with Gasteiger partial charge < -0.3 is 5.11 Å². The van der Waals surface area contributed by atoms with Gasteiger partial charge in [0.15, 0.2) is 5.82 Å². The van der Waals surface area contributed by atoms with Gasteiger partial charge in [-0.1, -0.05) is 6.07 Å². The van der Waals surface area contributed by atoms with Crippen LogP contribution in [-0.2, 0) is 16.6 Å². The van der Waals surface area contributed by atoms with Crippen LogP contribution in [0.5, 0.6) is 0 Å². The smallest absolute Gasteiger partial charge is 0.264 e. The molecule has 2 N–H and O–H groups in total. The first-order chi connectivity index (χ1) is 9.44. The third kappa shape index (κ3) is 3.38. The monoisotopic (exact) mass is 420 g/mol. The molecule has 0 aliphatic carbocycles. The van der Waals surface area contributed by atoms with Gasteiger partial charge >= 0.3 is 0 Å². The topological polar surface area (TPSA) is 79.3 Å². The van der Waals surface area contributed by atoms with Crippen LogP contribution in [0, 0.1) is 0 Å². The minimum atomic E-state index is -3.80. The Morgan fingerprint density at radius 2 is 1.95 bits per heavy atom. The van der Waals surface area contributed by atoms with E-state index in [4.69, 9.17) is 5.11 Å². The predicted octanol–water partition coefficient (Wildman–Crippen LogP) is 2.90. The summed E-state index contributed by atoms with van der Waals surface area (Å²) in [5.41, 5.74) is 0.508. The van der Waals surface area contributed by atoms with Crippen LogP contribution in [0.3, 0.4) is 0 Å². The fourth-order valence-electron chi connectivity index (χ4n) is 1.50. The van der Waals surface area contributed by atoms with E-state index in [0.29, 0.717) is 14.5 Å². The van der Waals surface area contributed by atoms with Gasteiger partial charge in [0.25, 0.3) is 10.0 Å². The molecule has 1 aromatic heterocycles. The number of nitrogens with one attached hydrogen (secondary N) is 1. The maximum Gasteiger partial charge on any atom is 0.264 e. The van der Waals surface area contributed by atoms with Crippen LogP contribution in [-0.4, -0.2) is 18.5 Å². The number of nitrogens with zero attached hydrogens (tertiary/aromatic N) is 1. The molecular weight excluding hydrogens is 412 g/mol. The fourth-order valence-corrected chi connectivity index (χ4v) is 4.02. The number of benzene rings is 1. The molecule has 1 heterocycles. The number of pyridine rings is 1. The second-order valence-corrected chi connectivity index (χ2v) is 7.22. The molecule has 1 aromatic carbocycles. The largest absolute Gasteiger partial charge is 0.392 e. The number of sulfonamides is 1. The number of hydrogen-bond acceptors (Lipinski definition) is 4. The molecule has 8 heteroatoms. The highest BCUT2D eigenvalue weighted by Crippen LogP contribution is 2.27. The Labute approximate surface area is 133 Å². The zero-order chi connectivity index (χ0) is 14.8. The van der Waals surface area contributed by atoms with Crippen molar-refractivity contribution < 1.29 is 13.5 Å². The summed E-state index contributed by atoms with van der Waals surface area (Å²) >= 11 is 6.42. The molecule has 2 aromatic rings. The standard InChI is InChI=1S/C12H10Br2N2O3S/c13-9-4-3-8(7-17)6-11(9)20(18,19)16-12-10(14)2-1-5-15-12/h1-6,17H,7H2,(H,15,16).